The van der Waals surface area contributed by atoms with Crippen molar-refractivity contribution < 1.29 is 8.78 Å². The lowest BCUT2D eigenvalue weighted by Crippen LogP contribution is -2.29. The van der Waals surface area contributed by atoms with Gasteiger partial charge < -0.3 is 5.32 Å². The van der Waals surface area contributed by atoms with Gasteiger partial charge in [0.15, 0.2) is 5.82 Å². The van der Waals surface area contributed by atoms with E-state index in [1.165, 1.54) is 29.7 Å². The molecule has 1 aromatic heterocycles. The van der Waals surface area contributed by atoms with Crippen LogP contribution in [0.25, 0.3) is 5.69 Å². The van der Waals surface area contributed by atoms with Crippen LogP contribution in [0, 0.1) is 17.0 Å². The number of nitrogens with one attached hydrogen (secondary N) is 1. The molecule has 1 spiro atoms. The number of rotatable bonds is 3. The molecule has 2 fully saturated rings. The predicted molar refractivity (Wildman–Crippen MR) is 83.3 cm³/mol. The van der Waals surface area contributed by atoms with Gasteiger partial charge in [0.05, 0.1) is 5.69 Å². The Kier molecular flexibility index (Phi) is 3.66. The summed E-state index contributed by atoms with van der Waals surface area (Å²) in [5.74, 6) is -1.18. The summed E-state index contributed by atoms with van der Waals surface area (Å²) in [6.07, 6.45) is 4.21. The number of nitrogens with zero attached hydrogens (tertiary/aromatic N) is 3. The van der Waals surface area contributed by atoms with Crippen molar-refractivity contribution in [2.45, 2.75) is 19.4 Å². The first-order valence-electron chi connectivity index (χ1n) is 8.07. The molecule has 1 atom stereocenters. The summed E-state index contributed by atoms with van der Waals surface area (Å²) in [5, 5.41) is 7.90. The van der Waals surface area contributed by atoms with Crippen molar-refractivity contribution in [3.63, 3.8) is 0 Å². The molecule has 0 saturated carbocycles. The van der Waals surface area contributed by atoms with Crippen LogP contribution in [-0.4, -0.2) is 40.9 Å². The molecule has 0 amide bonds. The molecule has 0 aliphatic carbocycles. The van der Waals surface area contributed by atoms with E-state index in [2.05, 4.69) is 15.3 Å². The second-order valence-electron chi connectivity index (χ2n) is 6.73. The zero-order chi connectivity index (χ0) is 15.9. The van der Waals surface area contributed by atoms with Gasteiger partial charge in [0.1, 0.15) is 11.5 Å². The largest absolute Gasteiger partial charge is 0.316 e. The highest BCUT2D eigenvalue weighted by Gasteiger charge is 2.40. The van der Waals surface area contributed by atoms with E-state index < -0.39 is 11.6 Å². The minimum Gasteiger partial charge on any atom is -0.316 e. The second kappa shape index (κ2) is 5.69. The molecule has 6 heteroatoms. The van der Waals surface area contributed by atoms with Crippen molar-refractivity contribution in [3.8, 4) is 5.69 Å². The maximum Gasteiger partial charge on any atom is 0.151 e. The molecule has 4 rings (SSSR count). The van der Waals surface area contributed by atoms with Crippen molar-refractivity contribution in [1.29, 1.82) is 0 Å². The summed E-state index contributed by atoms with van der Waals surface area (Å²) in [4.78, 5) is 2.42. The maximum absolute atomic E-state index is 13.8. The molecule has 1 unspecified atom stereocenters. The molecule has 23 heavy (non-hydrogen) atoms. The number of hydrogen-bond acceptors (Lipinski definition) is 3. The molecular weight excluding hydrogens is 298 g/mol. The van der Waals surface area contributed by atoms with Gasteiger partial charge in [0.2, 0.25) is 0 Å². The van der Waals surface area contributed by atoms with Crippen LogP contribution in [0.2, 0.25) is 0 Å². The lowest BCUT2D eigenvalue weighted by atomic mass is 9.87. The fourth-order valence-corrected chi connectivity index (χ4v) is 3.78. The van der Waals surface area contributed by atoms with Crippen LogP contribution >= 0.6 is 0 Å². The Bertz CT molecular complexity index is 706. The molecule has 2 aromatic rings. The molecule has 2 aliphatic heterocycles. The van der Waals surface area contributed by atoms with Crippen molar-refractivity contribution in [1.82, 2.24) is 20.0 Å². The molecule has 4 nitrogen and oxygen atoms in total. The third-order valence-corrected chi connectivity index (χ3v) is 5.04. The fourth-order valence-electron chi connectivity index (χ4n) is 3.78. The smallest absolute Gasteiger partial charge is 0.151 e. The van der Waals surface area contributed by atoms with Gasteiger partial charge in [-0.15, -0.1) is 0 Å². The Hall–Kier alpha value is -1.79. The first-order chi connectivity index (χ1) is 11.1. The van der Waals surface area contributed by atoms with E-state index in [0.717, 1.165) is 44.5 Å². The SMILES string of the molecule is Fc1ccc(-n2ccc(CN3CCC4(CCNC4)C3)n2)c(F)c1. The van der Waals surface area contributed by atoms with Crippen molar-refractivity contribution >= 4 is 0 Å². The number of likely N-dealkylation sites (tertiary alicyclic amines) is 1. The normalized spacial score (nSPS) is 24.8. The summed E-state index contributed by atoms with van der Waals surface area (Å²) >= 11 is 0. The van der Waals surface area contributed by atoms with Crippen LogP contribution in [0.1, 0.15) is 18.5 Å². The van der Waals surface area contributed by atoms with E-state index >= 15 is 0 Å². The Balaban J connectivity index is 1.46. The summed E-state index contributed by atoms with van der Waals surface area (Å²) in [6.45, 7) is 5.18. The summed E-state index contributed by atoms with van der Waals surface area (Å²) in [5.41, 5.74) is 1.62. The van der Waals surface area contributed by atoms with E-state index in [1.807, 2.05) is 6.07 Å². The van der Waals surface area contributed by atoms with Gasteiger partial charge in [-0.05, 0) is 49.5 Å². The lowest BCUT2D eigenvalue weighted by Gasteiger charge is -2.22. The first kappa shape index (κ1) is 14.8. The Morgan fingerprint density at radius 3 is 2.91 bits per heavy atom. The zero-order valence-corrected chi connectivity index (χ0v) is 12.9. The number of hydrogen-bond donors (Lipinski definition) is 1. The summed E-state index contributed by atoms with van der Waals surface area (Å²) < 4.78 is 28.3. The Labute approximate surface area is 134 Å². The molecule has 2 aliphatic rings. The lowest BCUT2D eigenvalue weighted by molar-refractivity contribution is 0.266. The molecule has 3 heterocycles. The number of halogens is 2. The highest BCUT2D eigenvalue weighted by atomic mass is 19.1. The van der Waals surface area contributed by atoms with Gasteiger partial charge in [-0.3, -0.25) is 4.90 Å². The number of aromatic nitrogens is 2. The Morgan fingerprint density at radius 1 is 1.22 bits per heavy atom. The van der Waals surface area contributed by atoms with Crippen molar-refractivity contribution in [3.05, 3.63) is 47.8 Å². The van der Waals surface area contributed by atoms with Crippen molar-refractivity contribution in [2.75, 3.05) is 26.2 Å². The van der Waals surface area contributed by atoms with Gasteiger partial charge >= 0.3 is 0 Å². The minimum atomic E-state index is -0.600. The third-order valence-electron chi connectivity index (χ3n) is 5.04. The van der Waals surface area contributed by atoms with Crippen molar-refractivity contribution in [2.24, 2.45) is 5.41 Å². The molecule has 0 radical (unpaired) electrons. The maximum atomic E-state index is 13.8. The standard InChI is InChI=1S/C17H20F2N4/c18-13-1-2-16(15(19)9-13)23-7-3-14(21-23)10-22-8-5-17(12-22)4-6-20-11-17/h1-3,7,9,20H,4-6,8,10-12H2. The quantitative estimate of drug-likeness (QED) is 0.943. The highest BCUT2D eigenvalue weighted by molar-refractivity contribution is 5.33. The van der Waals surface area contributed by atoms with Gasteiger partial charge in [0.25, 0.3) is 0 Å². The van der Waals surface area contributed by atoms with Gasteiger partial charge in [-0.2, -0.15) is 5.10 Å². The molecule has 1 aromatic carbocycles. The first-order valence-corrected chi connectivity index (χ1v) is 8.07. The van der Waals surface area contributed by atoms with E-state index in [4.69, 9.17) is 0 Å². The number of benzene rings is 1. The fraction of sp³-hybridized carbons (Fsp3) is 0.471. The second-order valence-corrected chi connectivity index (χ2v) is 6.73. The van der Waals surface area contributed by atoms with Crippen LogP contribution in [0.15, 0.2) is 30.5 Å². The summed E-state index contributed by atoms with van der Waals surface area (Å²) in [7, 11) is 0. The monoisotopic (exact) mass is 318 g/mol. The molecule has 0 bridgehead atoms. The van der Waals surface area contributed by atoms with Crippen LogP contribution in [0.4, 0.5) is 8.78 Å². The van der Waals surface area contributed by atoms with E-state index in [1.54, 1.807) is 6.20 Å². The van der Waals surface area contributed by atoms with Gasteiger partial charge in [-0.25, -0.2) is 13.5 Å². The average molecular weight is 318 g/mol. The molecule has 1 N–H and O–H groups in total. The van der Waals surface area contributed by atoms with E-state index in [0.29, 0.717) is 5.41 Å². The molecular formula is C17H20F2N4. The average Bonchev–Trinajstić information content (AvgIpc) is 3.24. The van der Waals surface area contributed by atoms with Crippen LogP contribution in [0.5, 0.6) is 0 Å². The van der Waals surface area contributed by atoms with E-state index in [-0.39, 0.29) is 5.69 Å². The van der Waals surface area contributed by atoms with Crippen LogP contribution in [-0.2, 0) is 6.54 Å². The Morgan fingerprint density at radius 2 is 2.13 bits per heavy atom. The highest BCUT2D eigenvalue weighted by Crippen LogP contribution is 2.36. The topological polar surface area (TPSA) is 33.1 Å². The van der Waals surface area contributed by atoms with Crippen LogP contribution < -0.4 is 5.32 Å². The molecule has 122 valence electrons. The predicted octanol–water partition coefficient (Wildman–Crippen LogP) is 2.34. The minimum absolute atomic E-state index is 0.274. The van der Waals surface area contributed by atoms with Gasteiger partial charge in [-0.1, -0.05) is 0 Å². The van der Waals surface area contributed by atoms with E-state index in [9.17, 15) is 8.78 Å². The van der Waals surface area contributed by atoms with Gasteiger partial charge in [0, 0.05) is 31.9 Å². The third kappa shape index (κ3) is 2.88. The zero-order valence-electron chi connectivity index (χ0n) is 12.9. The van der Waals surface area contributed by atoms with Crippen LogP contribution in [0.3, 0.4) is 0 Å². The molecule has 2 saturated heterocycles. The summed E-state index contributed by atoms with van der Waals surface area (Å²) in [6, 6.07) is 5.45.